The molecule has 0 aliphatic carbocycles. The van der Waals surface area contributed by atoms with Gasteiger partial charge in [-0.1, -0.05) is 25.1 Å². The van der Waals surface area contributed by atoms with Gasteiger partial charge in [0.05, 0.1) is 12.2 Å². The van der Waals surface area contributed by atoms with Crippen molar-refractivity contribution in [1.82, 2.24) is 0 Å². The van der Waals surface area contributed by atoms with Gasteiger partial charge in [0.25, 0.3) is 0 Å². The fraction of sp³-hybridized carbons (Fsp3) is 0.308. The van der Waals surface area contributed by atoms with Crippen molar-refractivity contribution in [2.75, 3.05) is 0 Å². The van der Waals surface area contributed by atoms with E-state index in [9.17, 15) is 9.00 Å². The van der Waals surface area contributed by atoms with Crippen LogP contribution < -0.4 is 0 Å². The Morgan fingerprint density at radius 1 is 1.44 bits per heavy atom. The fourth-order valence-corrected chi connectivity index (χ4v) is 4.01. The maximum absolute atomic E-state index is 12.0. The van der Waals surface area contributed by atoms with E-state index >= 15 is 0 Å². The van der Waals surface area contributed by atoms with E-state index in [0.29, 0.717) is 5.75 Å². The number of benzene rings is 1. The lowest BCUT2D eigenvalue weighted by molar-refractivity contribution is -0.136. The van der Waals surface area contributed by atoms with Crippen LogP contribution in [0.15, 0.2) is 29.6 Å². The zero-order valence-corrected chi connectivity index (χ0v) is 11.6. The van der Waals surface area contributed by atoms with E-state index in [1.165, 1.54) is 4.70 Å². The largest absolute Gasteiger partial charge is 0.481 e. The number of carboxylic acids is 1. The summed E-state index contributed by atoms with van der Waals surface area (Å²) >= 11 is 1.63. The van der Waals surface area contributed by atoms with Gasteiger partial charge in [-0.3, -0.25) is 9.00 Å². The quantitative estimate of drug-likeness (QED) is 0.917. The molecule has 0 radical (unpaired) electrons. The first-order chi connectivity index (χ1) is 8.58. The Morgan fingerprint density at radius 3 is 2.89 bits per heavy atom. The van der Waals surface area contributed by atoms with Crippen LogP contribution in [0.1, 0.15) is 18.9 Å². The topological polar surface area (TPSA) is 54.4 Å². The molecule has 0 fully saturated rings. The van der Waals surface area contributed by atoms with Crippen LogP contribution in [0.3, 0.4) is 0 Å². The first-order valence-electron chi connectivity index (χ1n) is 5.62. The molecule has 1 aromatic carbocycles. The zero-order valence-electron chi connectivity index (χ0n) is 9.96. The molecule has 0 bridgehead atoms. The predicted octanol–water partition coefficient (Wildman–Crippen LogP) is 3.01. The number of hydrogen-bond acceptors (Lipinski definition) is 3. The molecule has 3 nitrogen and oxygen atoms in total. The van der Waals surface area contributed by atoms with Crippen molar-refractivity contribution in [3.05, 3.63) is 35.2 Å². The lowest BCUT2D eigenvalue weighted by Crippen LogP contribution is -2.16. The Hall–Kier alpha value is -1.20. The molecule has 2 aromatic rings. The second-order valence-corrected chi connectivity index (χ2v) is 6.96. The summed E-state index contributed by atoms with van der Waals surface area (Å²) in [6, 6.07) is 7.99. The Balaban J connectivity index is 2.14. The van der Waals surface area contributed by atoms with Crippen molar-refractivity contribution in [1.29, 1.82) is 0 Å². The number of aliphatic carboxylic acids is 1. The van der Waals surface area contributed by atoms with Crippen LogP contribution in [0.4, 0.5) is 0 Å². The van der Waals surface area contributed by atoms with E-state index in [2.05, 4.69) is 0 Å². The molecule has 1 N–H and O–H groups in total. The van der Waals surface area contributed by atoms with Crippen LogP contribution >= 0.6 is 11.3 Å². The highest BCUT2D eigenvalue weighted by atomic mass is 32.2. The predicted molar refractivity (Wildman–Crippen MR) is 75.4 cm³/mol. The molecule has 0 aliphatic rings. The van der Waals surface area contributed by atoms with Crippen LogP contribution in [0.5, 0.6) is 0 Å². The second kappa shape index (κ2) is 5.63. The van der Waals surface area contributed by atoms with Crippen LogP contribution in [-0.2, 0) is 21.3 Å². The number of hydrogen-bond donors (Lipinski definition) is 1. The van der Waals surface area contributed by atoms with E-state index in [1.54, 1.807) is 18.3 Å². The van der Waals surface area contributed by atoms with Gasteiger partial charge in [0.15, 0.2) is 0 Å². The standard InChI is InChI=1S/C13H14O3S2/c1-9(6-13(14)15)18(16)8-10-7-17-12-5-3-2-4-11(10)12/h2-5,7,9H,6,8H2,1H3,(H,14,15). The smallest absolute Gasteiger partial charge is 0.304 e. The third-order valence-corrected chi connectivity index (χ3v) is 5.44. The minimum Gasteiger partial charge on any atom is -0.481 e. The molecule has 0 spiro atoms. The summed E-state index contributed by atoms with van der Waals surface area (Å²) in [4.78, 5) is 10.6. The van der Waals surface area contributed by atoms with Crippen molar-refractivity contribution < 1.29 is 14.1 Å². The summed E-state index contributed by atoms with van der Waals surface area (Å²) in [7, 11) is -1.14. The Bertz CT molecular complexity index is 589. The summed E-state index contributed by atoms with van der Waals surface area (Å²) in [5.41, 5.74) is 1.05. The first kappa shape index (κ1) is 13.2. The number of fused-ring (bicyclic) bond motifs is 1. The van der Waals surface area contributed by atoms with Crippen LogP contribution in [-0.4, -0.2) is 20.5 Å². The summed E-state index contributed by atoms with van der Waals surface area (Å²) in [5.74, 6) is -0.468. The van der Waals surface area contributed by atoms with Crippen LogP contribution in [0.25, 0.3) is 10.1 Å². The minimum absolute atomic E-state index is 0.0469. The molecule has 1 aromatic heterocycles. The van der Waals surface area contributed by atoms with E-state index in [1.807, 2.05) is 29.6 Å². The SMILES string of the molecule is CC(CC(=O)O)S(=O)Cc1csc2ccccc12. The molecule has 2 unspecified atom stereocenters. The molecule has 0 saturated carbocycles. The normalized spacial score (nSPS) is 14.5. The highest BCUT2D eigenvalue weighted by Gasteiger charge is 2.16. The Kier molecular flexibility index (Phi) is 4.14. The van der Waals surface area contributed by atoms with Crippen molar-refractivity contribution in [3.8, 4) is 0 Å². The molecular weight excluding hydrogens is 268 g/mol. The van der Waals surface area contributed by atoms with Gasteiger partial charge in [-0.15, -0.1) is 11.3 Å². The molecule has 5 heteroatoms. The molecular formula is C13H14O3S2. The first-order valence-corrected chi connectivity index (χ1v) is 7.88. The second-order valence-electron chi connectivity index (χ2n) is 4.19. The van der Waals surface area contributed by atoms with E-state index in [-0.39, 0.29) is 11.7 Å². The monoisotopic (exact) mass is 282 g/mol. The van der Waals surface area contributed by atoms with Gasteiger partial charge in [-0.2, -0.15) is 0 Å². The molecule has 2 atom stereocenters. The van der Waals surface area contributed by atoms with Gasteiger partial charge in [0, 0.05) is 20.7 Å². The van der Waals surface area contributed by atoms with Crippen molar-refractivity contribution >= 4 is 38.2 Å². The maximum atomic E-state index is 12.0. The van der Waals surface area contributed by atoms with Gasteiger partial charge in [-0.25, -0.2) is 0 Å². The van der Waals surface area contributed by atoms with E-state index < -0.39 is 16.8 Å². The summed E-state index contributed by atoms with van der Waals surface area (Å²) in [5, 5.41) is 11.5. The average Bonchev–Trinajstić information content (AvgIpc) is 2.72. The van der Waals surface area contributed by atoms with Gasteiger partial charge < -0.3 is 5.11 Å². The molecule has 96 valence electrons. The van der Waals surface area contributed by atoms with Gasteiger partial charge in [0.2, 0.25) is 0 Å². The molecule has 0 aliphatic heterocycles. The van der Waals surface area contributed by atoms with Gasteiger partial charge in [0.1, 0.15) is 0 Å². The Labute approximate surface area is 112 Å². The highest BCUT2D eigenvalue weighted by Crippen LogP contribution is 2.27. The van der Waals surface area contributed by atoms with Crippen molar-refractivity contribution in [2.24, 2.45) is 0 Å². The summed E-state index contributed by atoms with van der Waals surface area (Å²) in [6.45, 7) is 1.72. The lowest BCUT2D eigenvalue weighted by atomic mass is 10.2. The van der Waals surface area contributed by atoms with Crippen LogP contribution in [0, 0.1) is 0 Å². The number of carbonyl (C=O) groups is 1. The molecule has 18 heavy (non-hydrogen) atoms. The van der Waals surface area contributed by atoms with Gasteiger partial charge in [-0.05, 0) is 22.4 Å². The maximum Gasteiger partial charge on any atom is 0.304 e. The van der Waals surface area contributed by atoms with Crippen molar-refractivity contribution in [3.63, 3.8) is 0 Å². The number of thiophene rings is 1. The van der Waals surface area contributed by atoms with Gasteiger partial charge >= 0.3 is 5.97 Å². The molecule has 0 saturated heterocycles. The van der Waals surface area contributed by atoms with Crippen molar-refractivity contribution in [2.45, 2.75) is 24.3 Å². The summed E-state index contributed by atoms with van der Waals surface area (Å²) < 4.78 is 13.2. The lowest BCUT2D eigenvalue weighted by Gasteiger charge is -2.08. The molecule has 2 rings (SSSR count). The highest BCUT2D eigenvalue weighted by molar-refractivity contribution is 7.84. The minimum atomic E-state index is -1.14. The third-order valence-electron chi connectivity index (χ3n) is 2.77. The Morgan fingerprint density at radius 2 is 2.17 bits per heavy atom. The molecule has 1 heterocycles. The zero-order chi connectivity index (χ0) is 13.1. The van der Waals surface area contributed by atoms with E-state index in [0.717, 1.165) is 10.9 Å². The van der Waals surface area contributed by atoms with Crippen LogP contribution in [0.2, 0.25) is 0 Å². The number of carboxylic acid groups (broad SMARTS) is 1. The average molecular weight is 282 g/mol. The fourth-order valence-electron chi connectivity index (χ4n) is 1.78. The molecule has 0 amide bonds. The third kappa shape index (κ3) is 2.97. The number of rotatable bonds is 5. The summed E-state index contributed by atoms with van der Waals surface area (Å²) in [6.07, 6.45) is -0.0469. The van der Waals surface area contributed by atoms with E-state index in [4.69, 9.17) is 5.11 Å².